The van der Waals surface area contributed by atoms with Crippen LogP contribution in [-0.4, -0.2) is 31.0 Å². The van der Waals surface area contributed by atoms with Crippen LogP contribution < -0.4 is 14.8 Å². The molecular weight excluding hydrogens is 350 g/mol. The molecule has 1 amide bonds. The lowest BCUT2D eigenvalue weighted by molar-refractivity contribution is -0.131. The largest absolute Gasteiger partial charge is 0.501 e. The Kier molecular flexibility index (Phi) is 4.77. The Labute approximate surface area is 156 Å². The summed E-state index contributed by atoms with van der Waals surface area (Å²) in [5.74, 6) is -1.29. The van der Waals surface area contributed by atoms with E-state index >= 15 is 0 Å². The molecule has 27 heavy (non-hydrogen) atoms. The zero-order valence-corrected chi connectivity index (χ0v) is 15.1. The van der Waals surface area contributed by atoms with E-state index in [-0.39, 0.29) is 5.88 Å². The molecule has 140 valence electrons. The Balaban J connectivity index is 1.93. The summed E-state index contributed by atoms with van der Waals surface area (Å²) in [6.45, 7) is 1.49. The summed E-state index contributed by atoms with van der Waals surface area (Å²) < 4.78 is 16.2. The molecule has 0 saturated heterocycles. The number of carbonyl (C=O) groups excluding carboxylic acids is 2. The van der Waals surface area contributed by atoms with Crippen molar-refractivity contribution < 1.29 is 28.9 Å². The fourth-order valence-corrected chi connectivity index (χ4v) is 2.84. The van der Waals surface area contributed by atoms with Gasteiger partial charge in [-0.2, -0.15) is 0 Å². The third-order valence-corrected chi connectivity index (χ3v) is 4.35. The van der Waals surface area contributed by atoms with Crippen LogP contribution in [0.3, 0.4) is 0 Å². The van der Waals surface area contributed by atoms with E-state index in [1.165, 1.54) is 21.1 Å². The SMILES string of the molecule is COc1ccc(OC)c(C2(C)OC(NC(=O)c3ccccc3)=C(O)C2=O)c1. The summed E-state index contributed by atoms with van der Waals surface area (Å²) in [4.78, 5) is 25.1. The van der Waals surface area contributed by atoms with Crippen molar-refractivity contribution in [3.63, 3.8) is 0 Å². The van der Waals surface area contributed by atoms with Gasteiger partial charge in [-0.3, -0.25) is 14.9 Å². The Morgan fingerprint density at radius 3 is 2.44 bits per heavy atom. The lowest BCUT2D eigenvalue weighted by Crippen LogP contribution is -2.32. The molecule has 0 radical (unpaired) electrons. The molecule has 2 N–H and O–H groups in total. The second-order valence-corrected chi connectivity index (χ2v) is 6.03. The first-order valence-corrected chi connectivity index (χ1v) is 8.16. The van der Waals surface area contributed by atoms with E-state index in [1.54, 1.807) is 48.5 Å². The van der Waals surface area contributed by atoms with Gasteiger partial charge in [0.2, 0.25) is 17.2 Å². The normalized spacial score (nSPS) is 18.9. The minimum atomic E-state index is -1.58. The Morgan fingerprint density at radius 1 is 1.11 bits per heavy atom. The first-order valence-electron chi connectivity index (χ1n) is 8.16. The summed E-state index contributed by atoms with van der Waals surface area (Å²) >= 11 is 0. The Bertz CT molecular complexity index is 921. The number of aliphatic hydroxyl groups excluding tert-OH is 1. The number of ether oxygens (including phenoxy) is 3. The van der Waals surface area contributed by atoms with Crippen molar-refractivity contribution in [3.8, 4) is 11.5 Å². The van der Waals surface area contributed by atoms with Crippen LogP contribution in [-0.2, 0) is 15.1 Å². The lowest BCUT2D eigenvalue weighted by atomic mass is 9.90. The summed E-state index contributed by atoms with van der Waals surface area (Å²) in [5.41, 5.74) is -0.852. The quantitative estimate of drug-likeness (QED) is 0.842. The topological polar surface area (TPSA) is 94.1 Å². The number of hydrogen-bond donors (Lipinski definition) is 2. The van der Waals surface area contributed by atoms with Gasteiger partial charge in [0.15, 0.2) is 0 Å². The van der Waals surface area contributed by atoms with E-state index in [4.69, 9.17) is 14.2 Å². The smallest absolute Gasteiger partial charge is 0.258 e. The van der Waals surface area contributed by atoms with Gasteiger partial charge >= 0.3 is 0 Å². The molecule has 0 saturated carbocycles. The van der Waals surface area contributed by atoms with E-state index in [0.29, 0.717) is 22.6 Å². The summed E-state index contributed by atoms with van der Waals surface area (Å²) in [7, 11) is 2.95. The predicted octanol–water partition coefficient (Wildman–Crippen LogP) is 2.68. The summed E-state index contributed by atoms with van der Waals surface area (Å²) in [6, 6.07) is 13.3. The first-order chi connectivity index (χ1) is 12.9. The van der Waals surface area contributed by atoms with E-state index < -0.39 is 23.1 Å². The highest BCUT2D eigenvalue weighted by molar-refractivity contribution is 6.04. The van der Waals surface area contributed by atoms with Crippen LogP contribution in [0.1, 0.15) is 22.8 Å². The molecule has 1 atom stereocenters. The van der Waals surface area contributed by atoms with Gasteiger partial charge in [0.05, 0.1) is 14.2 Å². The van der Waals surface area contributed by atoms with Crippen LogP contribution in [0.4, 0.5) is 0 Å². The van der Waals surface area contributed by atoms with E-state index in [2.05, 4.69) is 5.32 Å². The molecule has 0 fully saturated rings. The van der Waals surface area contributed by atoms with Gasteiger partial charge in [0.1, 0.15) is 11.5 Å². The molecule has 1 heterocycles. The molecule has 0 bridgehead atoms. The molecule has 2 aromatic carbocycles. The van der Waals surface area contributed by atoms with Crippen LogP contribution in [0.5, 0.6) is 11.5 Å². The zero-order valence-electron chi connectivity index (χ0n) is 15.1. The molecule has 1 aliphatic rings. The van der Waals surface area contributed by atoms with Crippen LogP contribution in [0.2, 0.25) is 0 Å². The summed E-state index contributed by atoms with van der Waals surface area (Å²) in [6.07, 6.45) is 0. The predicted molar refractivity (Wildman–Crippen MR) is 96.6 cm³/mol. The van der Waals surface area contributed by atoms with E-state index in [9.17, 15) is 14.7 Å². The highest BCUT2D eigenvalue weighted by Gasteiger charge is 2.50. The first kappa shape index (κ1) is 18.3. The molecule has 7 heteroatoms. The number of hydrogen-bond acceptors (Lipinski definition) is 6. The molecule has 2 aromatic rings. The van der Waals surface area contributed by atoms with Crippen molar-refractivity contribution in [2.45, 2.75) is 12.5 Å². The van der Waals surface area contributed by atoms with Crippen molar-refractivity contribution in [1.82, 2.24) is 5.32 Å². The Morgan fingerprint density at radius 2 is 1.81 bits per heavy atom. The van der Waals surface area contributed by atoms with Gasteiger partial charge < -0.3 is 19.3 Å². The second kappa shape index (κ2) is 7.03. The fourth-order valence-electron chi connectivity index (χ4n) is 2.84. The number of methoxy groups -OCH3 is 2. The van der Waals surface area contributed by atoms with Crippen molar-refractivity contribution in [3.05, 3.63) is 71.3 Å². The number of carbonyl (C=O) groups is 2. The van der Waals surface area contributed by atoms with Crippen LogP contribution >= 0.6 is 0 Å². The number of rotatable bonds is 5. The van der Waals surface area contributed by atoms with Gasteiger partial charge in [-0.1, -0.05) is 18.2 Å². The molecular formula is C20H19NO6. The fraction of sp³-hybridized carbons (Fsp3) is 0.200. The number of aliphatic hydroxyl groups is 1. The zero-order chi connectivity index (χ0) is 19.6. The standard InChI is InChI=1S/C20H19NO6/c1-20(14-11-13(25-2)9-10-15(14)26-3)17(23)16(22)19(27-20)21-18(24)12-7-5-4-6-8-12/h4-11,22H,1-3H3,(H,21,24). The number of ketones is 1. The van der Waals surface area contributed by atoms with Gasteiger partial charge in [-0.25, -0.2) is 0 Å². The third-order valence-electron chi connectivity index (χ3n) is 4.35. The maximum Gasteiger partial charge on any atom is 0.258 e. The number of amides is 1. The van der Waals surface area contributed by atoms with Crippen molar-refractivity contribution >= 4 is 11.7 Å². The molecule has 7 nitrogen and oxygen atoms in total. The van der Waals surface area contributed by atoms with Crippen molar-refractivity contribution in [1.29, 1.82) is 0 Å². The average molecular weight is 369 g/mol. The summed E-state index contributed by atoms with van der Waals surface area (Å²) in [5, 5.41) is 12.7. The molecule has 0 spiro atoms. The van der Waals surface area contributed by atoms with Crippen molar-refractivity contribution in [2.75, 3.05) is 14.2 Å². The highest BCUT2D eigenvalue weighted by atomic mass is 16.5. The molecule has 1 aliphatic heterocycles. The minimum Gasteiger partial charge on any atom is -0.501 e. The van der Waals surface area contributed by atoms with E-state index in [0.717, 1.165) is 0 Å². The third kappa shape index (κ3) is 3.19. The van der Waals surface area contributed by atoms with Crippen LogP contribution in [0.15, 0.2) is 60.2 Å². The second-order valence-electron chi connectivity index (χ2n) is 6.03. The van der Waals surface area contributed by atoms with Gasteiger partial charge in [-0.05, 0) is 37.3 Å². The average Bonchev–Trinajstić information content (AvgIpc) is 2.92. The van der Waals surface area contributed by atoms with Gasteiger partial charge in [0.25, 0.3) is 11.7 Å². The highest BCUT2D eigenvalue weighted by Crippen LogP contribution is 2.42. The Hall–Kier alpha value is -3.48. The van der Waals surface area contributed by atoms with Crippen molar-refractivity contribution in [2.24, 2.45) is 0 Å². The maximum absolute atomic E-state index is 12.7. The molecule has 1 unspecified atom stereocenters. The van der Waals surface area contributed by atoms with Gasteiger partial charge in [-0.15, -0.1) is 0 Å². The number of benzene rings is 2. The minimum absolute atomic E-state index is 0.304. The maximum atomic E-state index is 12.7. The molecule has 3 rings (SSSR count). The number of nitrogens with one attached hydrogen (secondary N) is 1. The van der Waals surface area contributed by atoms with Gasteiger partial charge in [0, 0.05) is 11.1 Å². The molecule has 0 aromatic heterocycles. The van der Waals surface area contributed by atoms with Crippen LogP contribution in [0, 0.1) is 0 Å². The lowest BCUT2D eigenvalue weighted by Gasteiger charge is -2.25. The van der Waals surface area contributed by atoms with Crippen LogP contribution in [0.25, 0.3) is 0 Å². The van der Waals surface area contributed by atoms with E-state index in [1.807, 2.05) is 0 Å². The number of Topliss-reactive ketones (excluding diaryl/α,β-unsaturated/α-hetero) is 1. The molecule has 0 aliphatic carbocycles. The monoisotopic (exact) mass is 369 g/mol.